The van der Waals surface area contributed by atoms with E-state index in [4.69, 9.17) is 0 Å². The van der Waals surface area contributed by atoms with Crippen molar-refractivity contribution in [2.45, 2.75) is 39.0 Å². The minimum absolute atomic E-state index is 0. The quantitative estimate of drug-likeness (QED) is 0.281. The Bertz CT molecular complexity index is 477. The zero-order valence-corrected chi connectivity index (χ0v) is 16.7. The third-order valence-corrected chi connectivity index (χ3v) is 5.18. The van der Waals surface area contributed by atoms with E-state index >= 15 is 0 Å². The van der Waals surface area contributed by atoms with Crippen molar-refractivity contribution in [2.24, 2.45) is 10.4 Å². The summed E-state index contributed by atoms with van der Waals surface area (Å²) in [5.41, 5.74) is 0.564. The van der Waals surface area contributed by atoms with E-state index < -0.39 is 10.0 Å². The molecular weight excluding hydrogens is 415 g/mol. The lowest BCUT2D eigenvalue weighted by Gasteiger charge is -2.38. The molecule has 2 N–H and O–H groups in total. The van der Waals surface area contributed by atoms with Crippen molar-refractivity contribution in [1.29, 1.82) is 0 Å². The summed E-state index contributed by atoms with van der Waals surface area (Å²) in [5, 5.41) is 3.35. The highest BCUT2D eigenvalue weighted by Gasteiger charge is 2.43. The average molecular weight is 444 g/mol. The van der Waals surface area contributed by atoms with Crippen LogP contribution in [0.25, 0.3) is 0 Å². The van der Waals surface area contributed by atoms with Crippen LogP contribution in [0.3, 0.4) is 0 Å². The molecule has 0 amide bonds. The lowest BCUT2D eigenvalue weighted by Crippen LogP contribution is -2.42. The van der Waals surface area contributed by atoms with Gasteiger partial charge in [0.2, 0.25) is 10.0 Å². The number of halogens is 1. The van der Waals surface area contributed by atoms with Crippen molar-refractivity contribution in [1.82, 2.24) is 14.9 Å². The van der Waals surface area contributed by atoms with Gasteiger partial charge in [0, 0.05) is 32.7 Å². The van der Waals surface area contributed by atoms with E-state index in [1.807, 2.05) is 0 Å². The van der Waals surface area contributed by atoms with Gasteiger partial charge in [0.25, 0.3) is 0 Å². The second kappa shape index (κ2) is 8.68. The SMILES string of the molecule is CCNC(=NCCCNS(C)(=O)=O)N1CCC2(CCC2)C1.I. The van der Waals surface area contributed by atoms with E-state index in [0.717, 1.165) is 32.0 Å². The number of likely N-dealkylation sites (tertiary alicyclic amines) is 1. The second-order valence-corrected chi connectivity index (χ2v) is 8.11. The second-order valence-electron chi connectivity index (χ2n) is 6.28. The summed E-state index contributed by atoms with van der Waals surface area (Å²) in [5.74, 6) is 0.987. The van der Waals surface area contributed by atoms with Crippen LogP contribution in [0.2, 0.25) is 0 Å². The van der Waals surface area contributed by atoms with E-state index in [2.05, 4.69) is 26.9 Å². The van der Waals surface area contributed by atoms with Crippen molar-refractivity contribution in [2.75, 3.05) is 39.0 Å². The maximum absolute atomic E-state index is 11.0. The van der Waals surface area contributed by atoms with Crippen LogP contribution in [0.15, 0.2) is 4.99 Å². The fraction of sp³-hybridized carbons (Fsp3) is 0.929. The van der Waals surface area contributed by atoms with Gasteiger partial charge < -0.3 is 10.2 Å². The van der Waals surface area contributed by atoms with Gasteiger partial charge in [-0.05, 0) is 38.0 Å². The van der Waals surface area contributed by atoms with Gasteiger partial charge in [0.1, 0.15) is 0 Å². The molecule has 0 aromatic rings. The molecule has 0 aromatic heterocycles. The van der Waals surface area contributed by atoms with Gasteiger partial charge >= 0.3 is 0 Å². The van der Waals surface area contributed by atoms with Crippen LogP contribution in [0.5, 0.6) is 0 Å². The molecule has 2 aliphatic rings. The fourth-order valence-corrected chi connectivity index (χ4v) is 3.66. The number of hydrogen-bond donors (Lipinski definition) is 2. The standard InChI is InChI=1S/C14H28N4O2S.HI/c1-3-15-13(16-9-5-10-17-21(2,19)20)18-11-8-14(12-18)6-4-7-14;/h17H,3-12H2,1-2H3,(H,15,16);1H. The topological polar surface area (TPSA) is 73.8 Å². The van der Waals surface area contributed by atoms with Crippen LogP contribution in [-0.2, 0) is 10.0 Å². The Kier molecular flexibility index (Phi) is 7.87. The Balaban J connectivity index is 0.00000242. The zero-order valence-electron chi connectivity index (χ0n) is 13.6. The van der Waals surface area contributed by atoms with Gasteiger partial charge in [0.05, 0.1) is 6.26 Å². The molecule has 0 unspecified atom stereocenters. The highest BCUT2D eigenvalue weighted by Crippen LogP contribution is 2.47. The Morgan fingerprint density at radius 1 is 1.32 bits per heavy atom. The van der Waals surface area contributed by atoms with Crippen LogP contribution < -0.4 is 10.0 Å². The minimum Gasteiger partial charge on any atom is -0.357 e. The molecule has 0 radical (unpaired) electrons. The Morgan fingerprint density at radius 2 is 2.05 bits per heavy atom. The summed E-state index contributed by atoms with van der Waals surface area (Å²) in [4.78, 5) is 7.00. The molecule has 1 saturated carbocycles. The summed E-state index contributed by atoms with van der Waals surface area (Å²) in [6.07, 6.45) is 7.29. The molecule has 0 bridgehead atoms. The summed E-state index contributed by atoms with van der Waals surface area (Å²) in [7, 11) is -3.09. The third kappa shape index (κ3) is 5.84. The van der Waals surface area contributed by atoms with E-state index in [0.29, 0.717) is 18.5 Å². The smallest absolute Gasteiger partial charge is 0.208 e. The number of nitrogens with zero attached hydrogens (tertiary/aromatic N) is 2. The lowest BCUT2D eigenvalue weighted by atomic mass is 9.68. The van der Waals surface area contributed by atoms with E-state index in [1.165, 1.54) is 31.9 Å². The van der Waals surface area contributed by atoms with Crippen molar-refractivity contribution in [3.63, 3.8) is 0 Å². The molecule has 1 aliphatic carbocycles. The first-order valence-electron chi connectivity index (χ1n) is 7.92. The molecule has 0 aromatic carbocycles. The van der Waals surface area contributed by atoms with Gasteiger partial charge in [-0.2, -0.15) is 0 Å². The number of aliphatic imine (C=N–C) groups is 1. The number of sulfonamides is 1. The first-order chi connectivity index (χ1) is 9.94. The molecule has 22 heavy (non-hydrogen) atoms. The summed E-state index contributed by atoms with van der Waals surface area (Å²) >= 11 is 0. The van der Waals surface area contributed by atoms with Crippen molar-refractivity contribution in [3.05, 3.63) is 0 Å². The number of nitrogens with one attached hydrogen (secondary N) is 2. The highest BCUT2D eigenvalue weighted by molar-refractivity contribution is 14.0. The predicted octanol–water partition coefficient (Wildman–Crippen LogP) is 1.39. The molecule has 1 heterocycles. The number of guanidine groups is 1. The van der Waals surface area contributed by atoms with Gasteiger partial charge in [0.15, 0.2) is 5.96 Å². The molecule has 8 heteroatoms. The van der Waals surface area contributed by atoms with Gasteiger partial charge in [-0.15, -0.1) is 24.0 Å². The zero-order chi connectivity index (χ0) is 15.3. The molecular formula is C14H29IN4O2S. The van der Waals surface area contributed by atoms with Crippen LogP contribution in [-0.4, -0.2) is 58.3 Å². The van der Waals surface area contributed by atoms with Gasteiger partial charge in [-0.25, -0.2) is 13.1 Å². The Morgan fingerprint density at radius 3 is 2.55 bits per heavy atom. The molecule has 130 valence electrons. The summed E-state index contributed by atoms with van der Waals surface area (Å²) < 4.78 is 24.5. The number of hydrogen-bond acceptors (Lipinski definition) is 3. The Hall–Kier alpha value is -0.0900. The Labute approximate surface area is 151 Å². The average Bonchev–Trinajstić information content (AvgIpc) is 2.81. The molecule has 2 fully saturated rings. The monoisotopic (exact) mass is 444 g/mol. The molecule has 1 saturated heterocycles. The molecule has 1 aliphatic heterocycles. The van der Waals surface area contributed by atoms with Gasteiger partial charge in [-0.1, -0.05) is 6.42 Å². The maximum Gasteiger partial charge on any atom is 0.208 e. The van der Waals surface area contributed by atoms with Crippen LogP contribution in [0.4, 0.5) is 0 Å². The maximum atomic E-state index is 11.0. The fourth-order valence-electron chi connectivity index (χ4n) is 3.15. The number of rotatable bonds is 6. The summed E-state index contributed by atoms with van der Waals surface area (Å²) in [6, 6.07) is 0. The van der Waals surface area contributed by atoms with E-state index in [1.54, 1.807) is 0 Å². The van der Waals surface area contributed by atoms with Crippen molar-refractivity contribution in [3.8, 4) is 0 Å². The van der Waals surface area contributed by atoms with E-state index in [9.17, 15) is 8.42 Å². The minimum atomic E-state index is -3.09. The van der Waals surface area contributed by atoms with Crippen LogP contribution in [0, 0.1) is 5.41 Å². The summed E-state index contributed by atoms with van der Waals surface area (Å²) in [6.45, 7) is 6.26. The lowest BCUT2D eigenvalue weighted by molar-refractivity contribution is 0.151. The van der Waals surface area contributed by atoms with Crippen molar-refractivity contribution < 1.29 is 8.42 Å². The molecule has 0 atom stereocenters. The third-order valence-electron chi connectivity index (χ3n) is 4.45. The highest BCUT2D eigenvalue weighted by atomic mass is 127. The first-order valence-corrected chi connectivity index (χ1v) is 9.81. The largest absolute Gasteiger partial charge is 0.357 e. The van der Waals surface area contributed by atoms with Crippen LogP contribution >= 0.6 is 24.0 Å². The molecule has 2 rings (SSSR count). The molecule has 1 spiro atoms. The predicted molar refractivity (Wildman–Crippen MR) is 101 cm³/mol. The molecule has 6 nitrogen and oxygen atoms in total. The first kappa shape index (κ1) is 20.0. The van der Waals surface area contributed by atoms with E-state index in [-0.39, 0.29) is 24.0 Å². The van der Waals surface area contributed by atoms with Gasteiger partial charge in [-0.3, -0.25) is 4.99 Å². The van der Waals surface area contributed by atoms with Crippen molar-refractivity contribution >= 4 is 40.0 Å². The van der Waals surface area contributed by atoms with Crippen LogP contribution in [0.1, 0.15) is 39.0 Å². The normalized spacial score (nSPS) is 20.6.